The lowest BCUT2D eigenvalue weighted by Gasteiger charge is -2.07. The maximum atomic E-state index is 12.0. The number of hydrogen-bond donors (Lipinski definition) is 1. The monoisotopic (exact) mass is 207 g/mol. The van der Waals surface area contributed by atoms with Gasteiger partial charge in [-0.15, -0.1) is 0 Å². The van der Waals surface area contributed by atoms with Crippen LogP contribution in [0.4, 0.5) is 13.2 Å². The van der Waals surface area contributed by atoms with Gasteiger partial charge < -0.3 is 0 Å². The molecule has 0 radical (unpaired) electrons. The van der Waals surface area contributed by atoms with E-state index in [4.69, 9.17) is 17.0 Å². The number of nitrogens with one attached hydrogen (secondary N) is 1. The summed E-state index contributed by atoms with van der Waals surface area (Å²) in [6.45, 7) is 0. The molecule has 1 rings (SSSR count). The molecule has 0 heterocycles. The third-order valence-corrected chi connectivity index (χ3v) is 1.63. The second-order valence-corrected chi connectivity index (χ2v) is 2.82. The second-order valence-electron chi connectivity index (χ2n) is 2.38. The zero-order valence-electron chi connectivity index (χ0n) is 6.32. The van der Waals surface area contributed by atoms with Crippen molar-refractivity contribution < 1.29 is 13.2 Å². The maximum absolute atomic E-state index is 12.0. The molecule has 1 aromatic carbocycles. The number of halogens is 4. The normalized spacial score (nSPS) is 11.4. The van der Waals surface area contributed by atoms with E-state index in [0.717, 1.165) is 6.07 Å². The summed E-state index contributed by atoms with van der Waals surface area (Å²) in [6, 6.07) is 5.13. The fourth-order valence-electron chi connectivity index (χ4n) is 0.808. The Kier molecular flexibility index (Phi) is 2.61. The molecular weight excluding hydrogens is 203 g/mol. The van der Waals surface area contributed by atoms with Crippen molar-refractivity contribution in [3.05, 3.63) is 34.9 Å². The quantitative estimate of drug-likeness (QED) is 0.684. The molecule has 0 saturated carbocycles. The van der Waals surface area contributed by atoms with Gasteiger partial charge in [-0.2, -0.15) is 13.2 Å². The van der Waals surface area contributed by atoms with E-state index in [1.54, 1.807) is 0 Å². The Bertz CT molecular complexity index is 332. The van der Waals surface area contributed by atoms with Crippen LogP contribution in [-0.4, -0.2) is 11.9 Å². The van der Waals surface area contributed by atoms with Gasteiger partial charge in [0.1, 0.15) is 5.71 Å². The molecule has 0 spiro atoms. The van der Waals surface area contributed by atoms with Crippen LogP contribution in [0.3, 0.4) is 0 Å². The van der Waals surface area contributed by atoms with Crippen LogP contribution in [0.1, 0.15) is 5.56 Å². The van der Waals surface area contributed by atoms with E-state index in [1.807, 2.05) is 0 Å². The molecule has 0 fully saturated rings. The summed E-state index contributed by atoms with van der Waals surface area (Å²) in [5.74, 6) is 0. The minimum absolute atomic E-state index is 0.187. The number of benzene rings is 1. The van der Waals surface area contributed by atoms with Gasteiger partial charge in [0.15, 0.2) is 0 Å². The van der Waals surface area contributed by atoms with E-state index >= 15 is 0 Å². The van der Waals surface area contributed by atoms with Crippen molar-refractivity contribution in [3.63, 3.8) is 0 Å². The third-order valence-electron chi connectivity index (χ3n) is 1.40. The first-order valence-corrected chi connectivity index (χ1v) is 3.71. The summed E-state index contributed by atoms with van der Waals surface area (Å²) in [5.41, 5.74) is -1.60. The van der Waals surface area contributed by atoms with Crippen LogP contribution in [0.5, 0.6) is 0 Å². The highest BCUT2D eigenvalue weighted by Crippen LogP contribution is 2.22. The lowest BCUT2D eigenvalue weighted by molar-refractivity contribution is -0.0587. The summed E-state index contributed by atoms with van der Waals surface area (Å²) in [4.78, 5) is 0. The van der Waals surface area contributed by atoms with Gasteiger partial charge in [-0.25, -0.2) is 0 Å². The first-order valence-electron chi connectivity index (χ1n) is 3.33. The van der Waals surface area contributed by atoms with Crippen molar-refractivity contribution in [1.29, 1.82) is 5.41 Å². The van der Waals surface area contributed by atoms with Gasteiger partial charge in [0.25, 0.3) is 0 Å². The fraction of sp³-hybridized carbons (Fsp3) is 0.125. The molecule has 0 aliphatic carbocycles. The van der Waals surface area contributed by atoms with Crippen LogP contribution < -0.4 is 0 Å². The van der Waals surface area contributed by atoms with Crippen molar-refractivity contribution in [1.82, 2.24) is 0 Å². The Hall–Kier alpha value is -1.03. The molecule has 0 amide bonds. The highest BCUT2D eigenvalue weighted by atomic mass is 35.5. The Morgan fingerprint density at radius 1 is 1.31 bits per heavy atom. The largest absolute Gasteiger partial charge is 0.433 e. The predicted octanol–water partition coefficient (Wildman–Crippen LogP) is 3.27. The Morgan fingerprint density at radius 2 is 1.92 bits per heavy atom. The highest BCUT2D eigenvalue weighted by Gasteiger charge is 2.35. The standard InChI is InChI=1S/C8H5ClF3N/c9-6-3-1-2-5(4-6)7(13)8(10,11)12/h1-4,13H. The van der Waals surface area contributed by atoms with E-state index in [1.165, 1.54) is 18.2 Å². The summed E-state index contributed by atoms with van der Waals surface area (Å²) in [6.07, 6.45) is -4.62. The van der Waals surface area contributed by atoms with Crippen LogP contribution in [0.15, 0.2) is 24.3 Å². The average molecular weight is 208 g/mol. The summed E-state index contributed by atoms with van der Waals surface area (Å²) >= 11 is 5.47. The molecule has 70 valence electrons. The molecule has 0 saturated heterocycles. The molecule has 0 unspecified atom stereocenters. The van der Waals surface area contributed by atoms with Crippen molar-refractivity contribution in [3.8, 4) is 0 Å². The Balaban J connectivity index is 3.03. The smallest absolute Gasteiger partial charge is 0.296 e. The van der Waals surface area contributed by atoms with Gasteiger partial charge in [-0.05, 0) is 12.1 Å². The zero-order valence-corrected chi connectivity index (χ0v) is 7.08. The van der Waals surface area contributed by atoms with Crippen molar-refractivity contribution in [2.45, 2.75) is 6.18 Å². The second kappa shape index (κ2) is 3.38. The van der Waals surface area contributed by atoms with Gasteiger partial charge >= 0.3 is 6.18 Å². The van der Waals surface area contributed by atoms with E-state index in [0.29, 0.717) is 0 Å². The molecule has 0 aromatic heterocycles. The predicted molar refractivity (Wildman–Crippen MR) is 44.3 cm³/mol. The topological polar surface area (TPSA) is 23.9 Å². The van der Waals surface area contributed by atoms with Gasteiger partial charge in [-0.1, -0.05) is 23.7 Å². The Labute approximate surface area is 77.6 Å². The van der Waals surface area contributed by atoms with Crippen molar-refractivity contribution >= 4 is 17.3 Å². The Morgan fingerprint density at radius 3 is 2.38 bits per heavy atom. The SMILES string of the molecule is N=C(c1cccc(Cl)c1)C(F)(F)F. The third kappa shape index (κ3) is 2.45. The molecule has 0 atom stereocenters. The highest BCUT2D eigenvalue weighted by molar-refractivity contribution is 6.31. The van der Waals surface area contributed by atoms with E-state index in [-0.39, 0.29) is 10.6 Å². The minimum Gasteiger partial charge on any atom is -0.296 e. The maximum Gasteiger partial charge on any atom is 0.433 e. The average Bonchev–Trinajstić information content (AvgIpc) is 2.01. The molecule has 0 aliphatic rings. The molecule has 13 heavy (non-hydrogen) atoms. The van der Waals surface area contributed by atoms with Crippen LogP contribution >= 0.6 is 11.6 Å². The van der Waals surface area contributed by atoms with Crippen LogP contribution in [-0.2, 0) is 0 Å². The number of hydrogen-bond acceptors (Lipinski definition) is 1. The van der Waals surface area contributed by atoms with Gasteiger partial charge in [0, 0.05) is 10.6 Å². The van der Waals surface area contributed by atoms with Crippen LogP contribution in [0, 0.1) is 5.41 Å². The molecule has 5 heteroatoms. The minimum atomic E-state index is -4.62. The molecule has 1 nitrogen and oxygen atoms in total. The van der Waals surface area contributed by atoms with Crippen LogP contribution in [0.2, 0.25) is 5.02 Å². The molecule has 1 N–H and O–H groups in total. The zero-order chi connectivity index (χ0) is 10.1. The van der Waals surface area contributed by atoms with E-state index in [2.05, 4.69) is 0 Å². The van der Waals surface area contributed by atoms with Crippen molar-refractivity contribution in [2.75, 3.05) is 0 Å². The molecule has 0 bridgehead atoms. The number of alkyl halides is 3. The van der Waals surface area contributed by atoms with Gasteiger partial charge in [0.2, 0.25) is 0 Å². The van der Waals surface area contributed by atoms with Gasteiger partial charge in [0.05, 0.1) is 0 Å². The van der Waals surface area contributed by atoms with Crippen LogP contribution in [0.25, 0.3) is 0 Å². The van der Waals surface area contributed by atoms with E-state index < -0.39 is 11.9 Å². The lowest BCUT2D eigenvalue weighted by Crippen LogP contribution is -2.22. The summed E-state index contributed by atoms with van der Waals surface area (Å²) in [5, 5.41) is 6.98. The molecule has 1 aromatic rings. The summed E-state index contributed by atoms with van der Waals surface area (Å²) in [7, 11) is 0. The fourth-order valence-corrected chi connectivity index (χ4v) is 0.998. The lowest BCUT2D eigenvalue weighted by atomic mass is 10.1. The van der Waals surface area contributed by atoms with Gasteiger partial charge in [-0.3, -0.25) is 5.41 Å². The first-order chi connectivity index (χ1) is 5.91. The first kappa shape index (κ1) is 10.1. The molecule has 0 aliphatic heterocycles. The summed E-state index contributed by atoms with van der Waals surface area (Å²) < 4.78 is 36.0. The van der Waals surface area contributed by atoms with E-state index in [9.17, 15) is 13.2 Å². The molecular formula is C8H5ClF3N. The number of rotatable bonds is 1. The van der Waals surface area contributed by atoms with Crippen molar-refractivity contribution in [2.24, 2.45) is 0 Å².